The van der Waals surface area contributed by atoms with Crippen LogP contribution in [0.4, 0.5) is 4.79 Å². The van der Waals surface area contributed by atoms with Gasteiger partial charge in [-0.2, -0.15) is 0 Å². The van der Waals surface area contributed by atoms with Gasteiger partial charge in [-0.05, 0) is 69.0 Å². The Morgan fingerprint density at radius 2 is 1.76 bits per heavy atom. The third-order valence-electron chi connectivity index (χ3n) is 6.76. The molecule has 0 atom stereocenters. The Labute approximate surface area is 220 Å². The van der Waals surface area contributed by atoms with Crippen LogP contribution in [0.1, 0.15) is 47.3 Å². The third-order valence-corrected chi connectivity index (χ3v) is 6.76. The number of para-hydroxylation sites is 1. The van der Waals surface area contributed by atoms with E-state index in [0.717, 1.165) is 22.2 Å². The molecule has 1 aliphatic rings. The molecule has 1 fully saturated rings. The maximum absolute atomic E-state index is 12.8. The van der Waals surface area contributed by atoms with Crippen molar-refractivity contribution in [1.82, 2.24) is 20.7 Å². The van der Waals surface area contributed by atoms with Crippen LogP contribution in [-0.4, -0.2) is 58.7 Å². The molecular formula is C28H32N4O6. The minimum atomic E-state index is -0.692. The summed E-state index contributed by atoms with van der Waals surface area (Å²) in [5, 5.41) is 12.9. The normalized spacial score (nSPS) is 16.9. The molecular weight excluding hydrogens is 488 g/mol. The summed E-state index contributed by atoms with van der Waals surface area (Å²) < 4.78 is 10.8. The van der Waals surface area contributed by atoms with Gasteiger partial charge >= 0.3 is 6.09 Å². The second-order valence-corrected chi connectivity index (χ2v) is 9.36. The van der Waals surface area contributed by atoms with E-state index in [0.29, 0.717) is 43.6 Å². The summed E-state index contributed by atoms with van der Waals surface area (Å²) in [5.74, 6) is -0.210. The van der Waals surface area contributed by atoms with Crippen LogP contribution in [0.5, 0.6) is 5.75 Å². The molecule has 0 radical (unpaired) electrons. The number of fused-ring (bicyclic) bond motifs is 1. The first-order valence-corrected chi connectivity index (χ1v) is 12.5. The maximum atomic E-state index is 12.8. The minimum absolute atomic E-state index is 0.0518. The molecule has 200 valence electrons. The van der Waals surface area contributed by atoms with Gasteiger partial charge < -0.3 is 14.8 Å². The number of aromatic nitrogens is 1. The van der Waals surface area contributed by atoms with Gasteiger partial charge in [-0.3, -0.25) is 24.7 Å². The molecule has 10 heteroatoms. The zero-order valence-electron chi connectivity index (χ0n) is 21.5. The molecule has 10 nitrogen and oxygen atoms in total. The number of nitrogens with zero attached hydrogens (tertiary/aromatic N) is 2. The lowest BCUT2D eigenvalue weighted by atomic mass is 9.90. The first-order chi connectivity index (χ1) is 18.4. The Hall–Kier alpha value is -4.18. The summed E-state index contributed by atoms with van der Waals surface area (Å²) in [6.07, 6.45) is 1.84. The number of carbonyl (C=O) groups excluding carboxylic acids is 3. The van der Waals surface area contributed by atoms with Gasteiger partial charge in [-0.25, -0.2) is 10.3 Å². The van der Waals surface area contributed by atoms with Crippen molar-refractivity contribution in [2.75, 3.05) is 13.7 Å². The molecule has 0 unspecified atom stereocenters. The van der Waals surface area contributed by atoms with Crippen molar-refractivity contribution in [2.45, 2.75) is 51.3 Å². The summed E-state index contributed by atoms with van der Waals surface area (Å²) >= 11 is 0. The van der Waals surface area contributed by atoms with Crippen molar-refractivity contribution in [3.63, 3.8) is 0 Å². The van der Waals surface area contributed by atoms with E-state index < -0.39 is 12.0 Å². The summed E-state index contributed by atoms with van der Waals surface area (Å²) in [4.78, 5) is 42.4. The third kappa shape index (κ3) is 6.57. The number of pyridine rings is 1. The van der Waals surface area contributed by atoms with Gasteiger partial charge in [0.05, 0.1) is 12.6 Å². The zero-order chi connectivity index (χ0) is 27.1. The van der Waals surface area contributed by atoms with Gasteiger partial charge in [-0.15, -0.1) is 0 Å². The minimum Gasteiger partial charge on any atom is -0.489 e. The van der Waals surface area contributed by atoms with Gasteiger partial charge in [-0.1, -0.05) is 18.2 Å². The zero-order valence-corrected chi connectivity index (χ0v) is 21.5. The van der Waals surface area contributed by atoms with Crippen molar-refractivity contribution < 1.29 is 29.1 Å². The number of hydrogen-bond donors (Lipinski definition) is 3. The Balaban J connectivity index is 1.30. The maximum Gasteiger partial charge on any atom is 0.410 e. The monoisotopic (exact) mass is 520 g/mol. The number of benzene rings is 2. The predicted molar refractivity (Wildman–Crippen MR) is 140 cm³/mol. The van der Waals surface area contributed by atoms with E-state index in [2.05, 4.69) is 10.3 Å². The highest BCUT2D eigenvalue weighted by atomic mass is 16.5. The van der Waals surface area contributed by atoms with E-state index in [1.165, 1.54) is 17.5 Å². The van der Waals surface area contributed by atoms with Crippen molar-refractivity contribution in [2.24, 2.45) is 0 Å². The smallest absolute Gasteiger partial charge is 0.410 e. The molecule has 3 N–H and O–H groups in total. The molecule has 0 saturated heterocycles. The van der Waals surface area contributed by atoms with Gasteiger partial charge in [0.25, 0.3) is 11.8 Å². The summed E-state index contributed by atoms with van der Waals surface area (Å²) in [5.41, 5.74) is 4.98. The SMILES string of the molecule is COC(=O)N(CC(=O)NO)C1CCC(NC(=O)c2ccc(OCc3cc(C)nc4ccccc34)cc2)CC1. The number of ether oxygens (including phenoxy) is 2. The second-order valence-electron chi connectivity index (χ2n) is 9.36. The number of amides is 3. The largest absolute Gasteiger partial charge is 0.489 e. The van der Waals surface area contributed by atoms with Gasteiger partial charge in [0.2, 0.25) is 0 Å². The van der Waals surface area contributed by atoms with Crippen molar-refractivity contribution in [3.05, 3.63) is 71.4 Å². The van der Waals surface area contributed by atoms with E-state index in [4.69, 9.17) is 14.7 Å². The predicted octanol–water partition coefficient (Wildman–Crippen LogP) is 3.74. The summed E-state index contributed by atoms with van der Waals surface area (Å²) in [6.45, 7) is 2.05. The van der Waals surface area contributed by atoms with Crippen molar-refractivity contribution in [1.29, 1.82) is 0 Å². The quantitative estimate of drug-likeness (QED) is 0.305. The number of aryl methyl sites for hydroxylation is 1. The highest BCUT2D eigenvalue weighted by molar-refractivity contribution is 5.94. The molecule has 0 spiro atoms. The Kier molecular flexibility index (Phi) is 8.75. The second kappa shape index (κ2) is 12.4. The van der Waals surface area contributed by atoms with Gasteiger partial charge in [0.1, 0.15) is 18.9 Å². The lowest BCUT2D eigenvalue weighted by Gasteiger charge is -2.35. The number of nitrogens with one attached hydrogen (secondary N) is 2. The van der Waals surface area contributed by atoms with Crippen LogP contribution in [0.3, 0.4) is 0 Å². The fourth-order valence-electron chi connectivity index (χ4n) is 4.83. The molecule has 0 aliphatic heterocycles. The number of hydrogen-bond acceptors (Lipinski definition) is 7. The first kappa shape index (κ1) is 26.9. The fraction of sp³-hybridized carbons (Fsp3) is 0.357. The van der Waals surface area contributed by atoms with E-state index in [-0.39, 0.29) is 24.5 Å². The van der Waals surface area contributed by atoms with E-state index in [1.807, 2.05) is 37.3 Å². The summed E-state index contributed by atoms with van der Waals surface area (Å²) in [6, 6.07) is 16.7. The standard InChI is InChI=1S/C28H32N4O6/c1-18-15-20(24-5-3-4-6-25(24)29-18)17-38-23-13-7-19(8-14-23)27(34)30-21-9-11-22(12-10-21)32(28(35)37-2)16-26(33)31-36/h3-8,13-15,21-22,36H,9-12,16-17H2,1-2H3,(H,30,34)(H,31,33). The van der Waals surface area contributed by atoms with Crippen LogP contribution in [-0.2, 0) is 16.1 Å². The van der Waals surface area contributed by atoms with Crippen LogP contribution < -0.4 is 15.5 Å². The van der Waals surface area contributed by atoms with E-state index in [1.54, 1.807) is 24.3 Å². The van der Waals surface area contributed by atoms with Gasteiger partial charge in [0.15, 0.2) is 0 Å². The first-order valence-electron chi connectivity index (χ1n) is 12.5. The van der Waals surface area contributed by atoms with Crippen LogP contribution in [0, 0.1) is 6.92 Å². The number of carbonyl (C=O) groups is 3. The Bertz CT molecular complexity index is 1290. The van der Waals surface area contributed by atoms with E-state index >= 15 is 0 Å². The average molecular weight is 521 g/mol. The average Bonchev–Trinajstić information content (AvgIpc) is 2.94. The van der Waals surface area contributed by atoms with Crippen molar-refractivity contribution in [3.8, 4) is 5.75 Å². The van der Waals surface area contributed by atoms with Crippen molar-refractivity contribution >= 4 is 28.8 Å². The Morgan fingerprint density at radius 3 is 2.45 bits per heavy atom. The lowest BCUT2D eigenvalue weighted by Crippen LogP contribution is -2.49. The number of hydroxylamine groups is 1. The fourth-order valence-corrected chi connectivity index (χ4v) is 4.83. The highest BCUT2D eigenvalue weighted by Gasteiger charge is 2.31. The van der Waals surface area contributed by atoms with Crippen LogP contribution >= 0.6 is 0 Å². The topological polar surface area (TPSA) is 130 Å². The van der Waals surface area contributed by atoms with Crippen LogP contribution in [0.15, 0.2) is 54.6 Å². The molecule has 4 rings (SSSR count). The number of rotatable bonds is 8. The molecule has 3 amide bonds. The molecule has 1 heterocycles. The molecule has 0 bridgehead atoms. The summed E-state index contributed by atoms with van der Waals surface area (Å²) in [7, 11) is 1.25. The highest BCUT2D eigenvalue weighted by Crippen LogP contribution is 2.25. The lowest BCUT2D eigenvalue weighted by molar-refractivity contribution is -0.130. The van der Waals surface area contributed by atoms with Crippen LogP contribution in [0.25, 0.3) is 10.9 Å². The molecule has 1 aromatic heterocycles. The van der Waals surface area contributed by atoms with E-state index in [9.17, 15) is 14.4 Å². The van der Waals surface area contributed by atoms with Gasteiger partial charge in [0, 0.05) is 34.3 Å². The number of methoxy groups -OCH3 is 1. The Morgan fingerprint density at radius 1 is 1.05 bits per heavy atom. The molecule has 38 heavy (non-hydrogen) atoms. The molecule has 1 saturated carbocycles. The molecule has 2 aromatic carbocycles. The van der Waals surface area contributed by atoms with Crippen LogP contribution in [0.2, 0.25) is 0 Å². The molecule has 3 aromatic rings. The molecule has 1 aliphatic carbocycles.